The summed E-state index contributed by atoms with van der Waals surface area (Å²) in [5, 5.41) is 11.2. The number of aliphatic hydroxyl groups is 1. The third-order valence-corrected chi connectivity index (χ3v) is 7.62. The number of guanidine groups is 1. The zero-order chi connectivity index (χ0) is 24.7. The molecule has 2 amide bonds. The number of aliphatic imine (C=N–C) groups is 1. The maximum absolute atomic E-state index is 13.4. The van der Waals surface area contributed by atoms with Gasteiger partial charge in [-0.25, -0.2) is 14.4 Å². The Morgan fingerprint density at radius 3 is 2.77 bits per heavy atom. The first-order chi connectivity index (χ1) is 16.8. The van der Waals surface area contributed by atoms with Crippen molar-refractivity contribution in [3.63, 3.8) is 0 Å². The van der Waals surface area contributed by atoms with Crippen molar-refractivity contribution >= 4 is 40.7 Å². The van der Waals surface area contributed by atoms with Crippen LogP contribution in [0.5, 0.6) is 0 Å². The number of carbonyl (C=O) groups excluding carboxylic acids is 2. The smallest absolute Gasteiger partial charge is 0.264 e. The number of carbonyl (C=O) groups is 2. The molecule has 0 aliphatic carbocycles. The minimum atomic E-state index is -1.39. The van der Waals surface area contributed by atoms with E-state index in [1.165, 1.54) is 28.5 Å². The molecule has 1 N–H and O–H groups in total. The summed E-state index contributed by atoms with van der Waals surface area (Å²) in [4.78, 5) is 42.5. The molecule has 3 aliphatic rings. The molecule has 2 aromatic rings. The van der Waals surface area contributed by atoms with E-state index in [4.69, 9.17) is 11.6 Å². The molecule has 1 aromatic heterocycles. The summed E-state index contributed by atoms with van der Waals surface area (Å²) in [7, 11) is 2.02. The number of fused-ring (bicyclic) bond motifs is 1. The van der Waals surface area contributed by atoms with Crippen LogP contribution in [0, 0.1) is 5.82 Å². The van der Waals surface area contributed by atoms with Crippen LogP contribution in [0.1, 0.15) is 21.5 Å². The van der Waals surface area contributed by atoms with Crippen molar-refractivity contribution in [3.05, 3.63) is 63.1 Å². The average Bonchev–Trinajstić information content (AvgIpc) is 3.46. The van der Waals surface area contributed by atoms with Crippen LogP contribution in [-0.4, -0.2) is 93.3 Å². The highest BCUT2D eigenvalue weighted by atomic mass is 35.5. The molecule has 1 saturated heterocycles. The predicted octanol–water partition coefficient (Wildman–Crippen LogP) is 1.69. The summed E-state index contributed by atoms with van der Waals surface area (Å²) in [6.45, 7) is 3.00. The summed E-state index contributed by atoms with van der Waals surface area (Å²) >= 11 is 7.20. The second kappa shape index (κ2) is 9.65. The Morgan fingerprint density at radius 1 is 1.26 bits per heavy atom. The zero-order valence-electron chi connectivity index (χ0n) is 19.0. The van der Waals surface area contributed by atoms with Crippen molar-refractivity contribution in [1.82, 2.24) is 24.6 Å². The molecule has 0 radical (unpaired) electrons. The van der Waals surface area contributed by atoms with E-state index >= 15 is 0 Å². The number of hydrogen-bond acceptors (Lipinski definition) is 8. The summed E-state index contributed by atoms with van der Waals surface area (Å²) in [6, 6.07) is 3.64. The second-order valence-corrected chi connectivity index (χ2v) is 10.3. The Labute approximate surface area is 210 Å². The Hall–Kier alpha value is -2.86. The molecule has 5 rings (SSSR count). The lowest BCUT2D eigenvalue weighted by Gasteiger charge is -2.34. The maximum Gasteiger partial charge on any atom is 0.264 e. The SMILES string of the molecule is CN1CCN(C(=O)CN2C=CN3C(=O)C(O)C(c4ncc(Cc5ccc(F)c(Cl)c5)s4)N=C23)CC1. The van der Waals surface area contributed by atoms with Crippen molar-refractivity contribution in [2.45, 2.75) is 18.6 Å². The van der Waals surface area contributed by atoms with E-state index in [2.05, 4.69) is 14.9 Å². The fraction of sp³-hybridized carbons (Fsp3) is 0.391. The van der Waals surface area contributed by atoms with Crippen LogP contribution < -0.4 is 0 Å². The molecule has 35 heavy (non-hydrogen) atoms. The van der Waals surface area contributed by atoms with Gasteiger partial charge in [-0.1, -0.05) is 17.7 Å². The van der Waals surface area contributed by atoms with Crippen LogP contribution in [0.25, 0.3) is 0 Å². The lowest BCUT2D eigenvalue weighted by Crippen LogP contribution is -2.52. The number of piperazine rings is 1. The number of hydrogen-bond donors (Lipinski definition) is 1. The van der Waals surface area contributed by atoms with Gasteiger partial charge in [0.2, 0.25) is 11.9 Å². The summed E-state index contributed by atoms with van der Waals surface area (Å²) < 4.78 is 13.4. The summed E-state index contributed by atoms with van der Waals surface area (Å²) in [5.74, 6) is -0.745. The van der Waals surface area contributed by atoms with Gasteiger partial charge in [0.1, 0.15) is 23.4 Å². The van der Waals surface area contributed by atoms with E-state index in [-0.39, 0.29) is 17.5 Å². The largest absolute Gasteiger partial charge is 0.381 e. The van der Waals surface area contributed by atoms with Gasteiger partial charge in [0.15, 0.2) is 6.10 Å². The van der Waals surface area contributed by atoms with Crippen LogP contribution in [-0.2, 0) is 16.0 Å². The number of nitrogens with zero attached hydrogens (tertiary/aromatic N) is 6. The monoisotopic (exact) mass is 518 g/mol. The fourth-order valence-electron chi connectivity index (χ4n) is 4.21. The van der Waals surface area contributed by atoms with E-state index in [0.29, 0.717) is 30.5 Å². The number of benzene rings is 1. The van der Waals surface area contributed by atoms with Crippen molar-refractivity contribution in [2.24, 2.45) is 4.99 Å². The van der Waals surface area contributed by atoms with Gasteiger partial charge >= 0.3 is 0 Å². The normalized spacial score (nSPS) is 22.6. The highest BCUT2D eigenvalue weighted by molar-refractivity contribution is 7.11. The van der Waals surface area contributed by atoms with Gasteiger partial charge < -0.3 is 19.8 Å². The molecule has 2 atom stereocenters. The molecule has 0 bridgehead atoms. The third kappa shape index (κ3) is 4.81. The Morgan fingerprint density at radius 2 is 2.03 bits per heavy atom. The van der Waals surface area contributed by atoms with Crippen molar-refractivity contribution < 1.29 is 19.1 Å². The topological polar surface area (TPSA) is 92.6 Å². The first-order valence-electron chi connectivity index (χ1n) is 11.2. The minimum absolute atomic E-state index is 0.0445. The molecule has 1 fully saturated rings. The molecular weight excluding hydrogens is 495 g/mol. The average molecular weight is 519 g/mol. The van der Waals surface area contributed by atoms with Gasteiger partial charge in [0, 0.05) is 56.1 Å². The number of halogens is 2. The first-order valence-corrected chi connectivity index (χ1v) is 12.4. The number of likely N-dealkylation sites (N-methyl/N-ethyl adjacent to an activating group) is 1. The number of aliphatic hydroxyl groups excluding tert-OH is 1. The van der Waals surface area contributed by atoms with Gasteiger partial charge in [0.25, 0.3) is 5.91 Å². The molecule has 4 heterocycles. The molecule has 9 nitrogen and oxygen atoms in total. The van der Waals surface area contributed by atoms with Gasteiger partial charge in [-0.2, -0.15) is 0 Å². The lowest BCUT2D eigenvalue weighted by atomic mass is 10.1. The highest BCUT2D eigenvalue weighted by Crippen LogP contribution is 2.33. The Bertz CT molecular complexity index is 1210. The number of aromatic nitrogens is 1. The molecular formula is C23H24ClFN6O3S. The quantitative estimate of drug-likeness (QED) is 0.647. The highest BCUT2D eigenvalue weighted by Gasteiger charge is 2.43. The molecule has 2 unspecified atom stereocenters. The van der Waals surface area contributed by atoms with Crippen LogP contribution in [0.4, 0.5) is 4.39 Å². The molecule has 0 saturated carbocycles. The van der Waals surface area contributed by atoms with E-state index in [9.17, 15) is 19.1 Å². The van der Waals surface area contributed by atoms with Crippen molar-refractivity contribution in [2.75, 3.05) is 39.8 Å². The zero-order valence-corrected chi connectivity index (χ0v) is 20.5. The van der Waals surface area contributed by atoms with Crippen LogP contribution in [0.3, 0.4) is 0 Å². The van der Waals surface area contributed by atoms with E-state index in [1.54, 1.807) is 29.4 Å². The van der Waals surface area contributed by atoms with Gasteiger partial charge in [-0.15, -0.1) is 11.3 Å². The molecule has 12 heteroatoms. The molecule has 1 aromatic carbocycles. The van der Waals surface area contributed by atoms with Gasteiger partial charge in [-0.05, 0) is 24.7 Å². The summed E-state index contributed by atoms with van der Waals surface area (Å²) in [6.07, 6.45) is 3.89. The minimum Gasteiger partial charge on any atom is -0.381 e. The Kier molecular flexibility index (Phi) is 6.58. The van der Waals surface area contributed by atoms with Crippen LogP contribution >= 0.6 is 22.9 Å². The van der Waals surface area contributed by atoms with E-state index < -0.39 is 23.9 Å². The molecule has 184 valence electrons. The summed E-state index contributed by atoms with van der Waals surface area (Å²) in [5.41, 5.74) is 0.818. The standard InChI is InChI=1S/C23H24ClFN6O3S/c1-28-4-6-29(7-5-28)18(32)13-30-8-9-31-22(34)20(33)19(27-23(30)31)21-26-12-15(35-21)10-14-2-3-17(25)16(24)11-14/h2-3,8-9,11-12,19-20,33H,4-7,10,13H2,1H3. The second-order valence-electron chi connectivity index (χ2n) is 8.73. The molecule has 0 spiro atoms. The maximum atomic E-state index is 13.4. The number of amides is 2. The molecule has 3 aliphatic heterocycles. The first kappa shape index (κ1) is 23.9. The lowest BCUT2D eigenvalue weighted by molar-refractivity contribution is -0.137. The van der Waals surface area contributed by atoms with Gasteiger partial charge in [-0.3, -0.25) is 14.5 Å². The Balaban J connectivity index is 1.33. The van der Waals surface area contributed by atoms with E-state index in [1.807, 2.05) is 11.9 Å². The van der Waals surface area contributed by atoms with Crippen molar-refractivity contribution in [1.29, 1.82) is 0 Å². The van der Waals surface area contributed by atoms with Crippen LogP contribution in [0.15, 0.2) is 41.8 Å². The third-order valence-electron chi connectivity index (χ3n) is 6.26. The fourth-order valence-corrected chi connectivity index (χ4v) is 5.43. The van der Waals surface area contributed by atoms with E-state index in [0.717, 1.165) is 23.5 Å². The van der Waals surface area contributed by atoms with Gasteiger partial charge in [0.05, 0.1) is 5.02 Å². The predicted molar refractivity (Wildman–Crippen MR) is 129 cm³/mol. The van der Waals surface area contributed by atoms with Crippen LogP contribution in [0.2, 0.25) is 5.02 Å². The number of thiazole rings is 1. The number of rotatable bonds is 5. The van der Waals surface area contributed by atoms with Crippen molar-refractivity contribution in [3.8, 4) is 0 Å².